The summed E-state index contributed by atoms with van der Waals surface area (Å²) in [5.41, 5.74) is 5.20. The molecule has 0 fully saturated rings. The number of hydrogen-bond donors (Lipinski definition) is 3. The summed E-state index contributed by atoms with van der Waals surface area (Å²) in [5.74, 6) is -1.16. The summed E-state index contributed by atoms with van der Waals surface area (Å²) in [6.07, 6.45) is 1.53. The molecule has 6 nitrogen and oxygen atoms in total. The van der Waals surface area contributed by atoms with Crippen molar-refractivity contribution in [2.45, 2.75) is 6.42 Å². The highest BCUT2D eigenvalue weighted by Crippen LogP contribution is 2.17. The molecular weight excluding hydrogens is 309 g/mol. The molecule has 0 aliphatic rings. The number of halogens is 2. The van der Waals surface area contributed by atoms with Crippen LogP contribution in [-0.4, -0.2) is 33.7 Å². The van der Waals surface area contributed by atoms with Crippen molar-refractivity contribution in [3.8, 4) is 0 Å². The summed E-state index contributed by atoms with van der Waals surface area (Å²) >= 11 is 0. The van der Waals surface area contributed by atoms with Gasteiger partial charge in [0.05, 0.1) is 11.9 Å². The van der Waals surface area contributed by atoms with Gasteiger partial charge in [0.25, 0.3) is 5.91 Å². The number of carbonyl (C=O) groups excluding carboxylic acids is 1. The van der Waals surface area contributed by atoms with Crippen LogP contribution in [0.5, 0.6) is 0 Å². The van der Waals surface area contributed by atoms with E-state index in [1.165, 1.54) is 6.07 Å². The molecule has 114 valence electrons. The molecule has 0 heterocycles. The SMILES string of the molecule is CS(=O)(=O)Nc1cc(C(=O)NCCCN)ccc1F.Cl. The van der Waals surface area contributed by atoms with Crippen LogP contribution in [0.25, 0.3) is 0 Å². The number of hydrogen-bond acceptors (Lipinski definition) is 4. The van der Waals surface area contributed by atoms with E-state index in [-0.39, 0.29) is 23.7 Å². The van der Waals surface area contributed by atoms with E-state index < -0.39 is 21.7 Å². The Labute approximate surface area is 123 Å². The molecule has 0 saturated carbocycles. The first-order valence-corrected chi connectivity index (χ1v) is 7.48. The molecule has 0 aliphatic heterocycles. The van der Waals surface area contributed by atoms with Crippen molar-refractivity contribution < 1.29 is 17.6 Å². The van der Waals surface area contributed by atoms with E-state index in [1.54, 1.807) is 0 Å². The van der Waals surface area contributed by atoms with Gasteiger partial charge in [0.2, 0.25) is 10.0 Å². The predicted molar refractivity (Wildman–Crippen MR) is 78.1 cm³/mol. The third kappa shape index (κ3) is 6.18. The molecule has 0 atom stereocenters. The van der Waals surface area contributed by atoms with Crippen LogP contribution in [0.4, 0.5) is 10.1 Å². The molecule has 0 aliphatic carbocycles. The third-order valence-corrected chi connectivity index (χ3v) is 2.78. The third-order valence-electron chi connectivity index (χ3n) is 2.19. The van der Waals surface area contributed by atoms with Crippen LogP contribution in [0.1, 0.15) is 16.8 Å². The smallest absolute Gasteiger partial charge is 0.251 e. The lowest BCUT2D eigenvalue weighted by atomic mass is 10.2. The second kappa shape index (κ2) is 8.03. The lowest BCUT2D eigenvalue weighted by Gasteiger charge is -2.08. The minimum atomic E-state index is -3.60. The van der Waals surface area contributed by atoms with Crippen molar-refractivity contribution >= 4 is 34.0 Å². The topological polar surface area (TPSA) is 101 Å². The Morgan fingerprint density at radius 1 is 1.40 bits per heavy atom. The molecule has 1 aromatic rings. The van der Waals surface area contributed by atoms with E-state index in [1.807, 2.05) is 4.72 Å². The number of rotatable bonds is 6. The Bertz CT molecular complexity index is 566. The lowest BCUT2D eigenvalue weighted by molar-refractivity contribution is 0.0953. The highest BCUT2D eigenvalue weighted by molar-refractivity contribution is 7.92. The summed E-state index contributed by atoms with van der Waals surface area (Å²) in [7, 11) is -3.60. The van der Waals surface area contributed by atoms with Crippen LogP contribution in [0.15, 0.2) is 18.2 Å². The van der Waals surface area contributed by atoms with Crippen LogP contribution in [0.3, 0.4) is 0 Å². The maximum absolute atomic E-state index is 13.4. The fraction of sp³-hybridized carbons (Fsp3) is 0.364. The zero-order valence-electron chi connectivity index (χ0n) is 10.8. The molecule has 9 heteroatoms. The number of nitrogens with one attached hydrogen (secondary N) is 2. The van der Waals surface area contributed by atoms with E-state index in [2.05, 4.69) is 5.32 Å². The zero-order chi connectivity index (χ0) is 14.5. The first-order chi connectivity index (χ1) is 8.83. The zero-order valence-corrected chi connectivity index (χ0v) is 12.5. The van der Waals surface area contributed by atoms with Crippen molar-refractivity contribution in [2.24, 2.45) is 5.73 Å². The van der Waals surface area contributed by atoms with Crippen LogP contribution in [0, 0.1) is 5.82 Å². The Balaban J connectivity index is 0.00000361. The quantitative estimate of drug-likeness (QED) is 0.670. The molecule has 0 saturated heterocycles. The first-order valence-electron chi connectivity index (χ1n) is 5.59. The van der Waals surface area contributed by atoms with Gasteiger partial charge < -0.3 is 11.1 Å². The van der Waals surface area contributed by atoms with Crippen LogP contribution in [-0.2, 0) is 10.0 Å². The monoisotopic (exact) mass is 325 g/mol. The number of carbonyl (C=O) groups is 1. The Morgan fingerprint density at radius 3 is 2.60 bits per heavy atom. The van der Waals surface area contributed by atoms with Gasteiger partial charge in [-0.3, -0.25) is 9.52 Å². The van der Waals surface area contributed by atoms with Crippen LogP contribution in [0.2, 0.25) is 0 Å². The van der Waals surface area contributed by atoms with Gasteiger partial charge in [-0.2, -0.15) is 0 Å². The highest BCUT2D eigenvalue weighted by Gasteiger charge is 2.12. The molecule has 0 radical (unpaired) electrons. The average Bonchev–Trinajstić information content (AvgIpc) is 2.30. The molecule has 0 unspecified atom stereocenters. The average molecular weight is 326 g/mol. The van der Waals surface area contributed by atoms with Crippen LogP contribution < -0.4 is 15.8 Å². The van der Waals surface area contributed by atoms with Crippen molar-refractivity contribution in [2.75, 3.05) is 24.1 Å². The van der Waals surface area contributed by atoms with E-state index >= 15 is 0 Å². The van der Waals surface area contributed by atoms with Gasteiger partial charge in [0.15, 0.2) is 0 Å². The summed E-state index contributed by atoms with van der Waals surface area (Å²) in [4.78, 5) is 11.7. The molecule has 0 aromatic heterocycles. The normalized spacial score (nSPS) is 10.6. The van der Waals surface area contributed by atoms with Crippen molar-refractivity contribution in [3.05, 3.63) is 29.6 Å². The van der Waals surface area contributed by atoms with Crippen molar-refractivity contribution in [1.29, 1.82) is 0 Å². The number of benzene rings is 1. The molecule has 20 heavy (non-hydrogen) atoms. The van der Waals surface area contributed by atoms with Gasteiger partial charge in [-0.25, -0.2) is 12.8 Å². The lowest BCUT2D eigenvalue weighted by Crippen LogP contribution is -2.26. The minimum absolute atomic E-state index is 0. The molecule has 1 rings (SSSR count). The van der Waals surface area contributed by atoms with E-state index in [4.69, 9.17) is 5.73 Å². The van der Waals surface area contributed by atoms with Gasteiger partial charge in [-0.05, 0) is 31.2 Å². The Hall–Kier alpha value is -1.38. The fourth-order valence-corrected chi connectivity index (χ4v) is 1.91. The van der Waals surface area contributed by atoms with Crippen LogP contribution >= 0.6 is 12.4 Å². The van der Waals surface area contributed by atoms with Gasteiger partial charge in [-0.15, -0.1) is 12.4 Å². The Kier molecular flexibility index (Phi) is 7.48. The molecular formula is C11H17ClFN3O3S. The van der Waals surface area contributed by atoms with Crippen molar-refractivity contribution in [3.63, 3.8) is 0 Å². The predicted octanol–water partition coefficient (Wildman–Crippen LogP) is 0.698. The first kappa shape index (κ1) is 18.6. The molecule has 4 N–H and O–H groups in total. The number of sulfonamides is 1. The second-order valence-electron chi connectivity index (χ2n) is 3.97. The second-order valence-corrected chi connectivity index (χ2v) is 5.72. The van der Waals surface area contributed by atoms with E-state index in [0.29, 0.717) is 19.5 Å². The molecule has 0 spiro atoms. The summed E-state index contributed by atoms with van der Waals surface area (Å²) < 4.78 is 37.5. The van der Waals surface area contributed by atoms with E-state index in [9.17, 15) is 17.6 Å². The molecule has 1 amide bonds. The van der Waals surface area contributed by atoms with E-state index in [0.717, 1.165) is 18.4 Å². The minimum Gasteiger partial charge on any atom is -0.352 e. The fourth-order valence-electron chi connectivity index (χ4n) is 1.35. The van der Waals surface area contributed by atoms with Gasteiger partial charge in [0, 0.05) is 12.1 Å². The standard InChI is InChI=1S/C11H16FN3O3S.ClH/c1-19(17,18)15-10-7-8(3-4-9(10)12)11(16)14-6-2-5-13;/h3-4,7,15H,2,5-6,13H2,1H3,(H,14,16);1H. The number of amides is 1. The Morgan fingerprint density at radius 2 is 2.05 bits per heavy atom. The number of anilines is 1. The van der Waals surface area contributed by atoms with Gasteiger partial charge >= 0.3 is 0 Å². The van der Waals surface area contributed by atoms with Gasteiger partial charge in [-0.1, -0.05) is 0 Å². The van der Waals surface area contributed by atoms with Gasteiger partial charge in [0.1, 0.15) is 5.82 Å². The van der Waals surface area contributed by atoms with Crippen molar-refractivity contribution in [1.82, 2.24) is 5.32 Å². The highest BCUT2D eigenvalue weighted by atomic mass is 35.5. The molecule has 0 bridgehead atoms. The summed E-state index contributed by atoms with van der Waals surface area (Å²) in [5, 5.41) is 2.59. The summed E-state index contributed by atoms with van der Waals surface area (Å²) in [6.45, 7) is 0.853. The maximum atomic E-state index is 13.4. The molecule has 1 aromatic carbocycles. The summed E-state index contributed by atoms with van der Waals surface area (Å²) in [6, 6.07) is 3.46. The maximum Gasteiger partial charge on any atom is 0.251 e. The number of nitrogens with two attached hydrogens (primary N) is 1. The largest absolute Gasteiger partial charge is 0.352 e.